The molecule has 0 aromatic heterocycles. The number of ether oxygens (including phenoxy) is 1. The van der Waals surface area contributed by atoms with Gasteiger partial charge in [-0.15, -0.1) is 0 Å². The number of carbonyl (C=O) groups is 1. The lowest BCUT2D eigenvalue weighted by atomic mass is 10.1. The molecule has 0 radical (unpaired) electrons. The summed E-state index contributed by atoms with van der Waals surface area (Å²) in [6.07, 6.45) is -1.57. The smallest absolute Gasteiger partial charge is 0.247 e. The highest BCUT2D eigenvalue weighted by atomic mass is 32.2. The lowest BCUT2D eigenvalue weighted by Gasteiger charge is -2.14. The summed E-state index contributed by atoms with van der Waals surface area (Å²) in [4.78, 5) is 10.8. The molecule has 0 aliphatic rings. The third-order valence-electron chi connectivity index (χ3n) is 2.73. The van der Waals surface area contributed by atoms with Crippen molar-refractivity contribution in [1.82, 2.24) is 4.72 Å². The van der Waals surface area contributed by atoms with Crippen molar-refractivity contribution in [2.45, 2.75) is 24.8 Å². The van der Waals surface area contributed by atoms with Crippen molar-refractivity contribution in [3.63, 3.8) is 0 Å². The molecule has 7 nitrogen and oxygen atoms in total. The Morgan fingerprint density at radius 3 is 2.30 bits per heavy atom. The summed E-state index contributed by atoms with van der Waals surface area (Å²) >= 11 is 0. The number of methoxy groups -OCH3 is 1. The molecule has 20 heavy (non-hydrogen) atoms. The second-order valence-electron chi connectivity index (χ2n) is 4.36. The van der Waals surface area contributed by atoms with Crippen LogP contribution in [0.3, 0.4) is 0 Å². The van der Waals surface area contributed by atoms with Crippen LogP contribution in [0.25, 0.3) is 0 Å². The quantitative estimate of drug-likeness (QED) is 0.650. The predicted molar refractivity (Wildman–Crippen MR) is 72.9 cm³/mol. The molecular weight excluding hydrogens is 284 g/mol. The topological polar surface area (TPSA) is 119 Å². The third-order valence-corrected chi connectivity index (χ3v) is 4.46. The Balaban J connectivity index is 3.07. The lowest BCUT2D eigenvalue weighted by molar-refractivity contribution is -0.125. The van der Waals surface area contributed by atoms with Crippen molar-refractivity contribution >= 4 is 15.9 Å². The van der Waals surface area contributed by atoms with Crippen LogP contribution in [0.15, 0.2) is 17.0 Å². The molecule has 1 unspecified atom stereocenters. The number of sulfonamides is 1. The van der Waals surface area contributed by atoms with Gasteiger partial charge in [0.05, 0.1) is 12.0 Å². The molecule has 0 heterocycles. The van der Waals surface area contributed by atoms with Crippen LogP contribution in [0.1, 0.15) is 11.1 Å². The highest BCUT2D eigenvalue weighted by Gasteiger charge is 2.22. The molecule has 0 bridgehead atoms. The number of amides is 1. The molecule has 4 N–H and O–H groups in total. The van der Waals surface area contributed by atoms with Crippen LogP contribution in [0, 0.1) is 13.8 Å². The number of primary amides is 1. The number of hydrogen-bond donors (Lipinski definition) is 3. The first-order valence-corrected chi connectivity index (χ1v) is 7.29. The number of rotatable bonds is 6. The number of nitrogens with two attached hydrogens (primary N) is 1. The number of nitrogens with one attached hydrogen (secondary N) is 1. The molecule has 0 aliphatic heterocycles. The first-order valence-electron chi connectivity index (χ1n) is 5.81. The van der Waals surface area contributed by atoms with E-state index in [4.69, 9.17) is 10.5 Å². The van der Waals surface area contributed by atoms with Crippen molar-refractivity contribution < 1.29 is 23.1 Å². The van der Waals surface area contributed by atoms with Gasteiger partial charge in [0, 0.05) is 6.54 Å². The number of carbonyl (C=O) groups excluding carboxylic acids is 1. The molecule has 1 amide bonds. The minimum absolute atomic E-state index is 0.0926. The summed E-state index contributed by atoms with van der Waals surface area (Å²) in [5.74, 6) is -0.438. The Morgan fingerprint density at radius 2 is 1.90 bits per heavy atom. The van der Waals surface area contributed by atoms with Gasteiger partial charge in [0.1, 0.15) is 11.9 Å². The van der Waals surface area contributed by atoms with Crippen molar-refractivity contribution in [2.75, 3.05) is 13.7 Å². The summed E-state index contributed by atoms with van der Waals surface area (Å²) in [6, 6.07) is 3.18. The molecule has 8 heteroatoms. The van der Waals surface area contributed by atoms with Crippen LogP contribution in [0.4, 0.5) is 0 Å². The van der Waals surface area contributed by atoms with E-state index >= 15 is 0 Å². The number of aliphatic hydroxyl groups excluding tert-OH is 1. The van der Waals surface area contributed by atoms with E-state index in [2.05, 4.69) is 4.72 Å². The van der Waals surface area contributed by atoms with Crippen LogP contribution in [-0.4, -0.2) is 39.2 Å². The van der Waals surface area contributed by atoms with Crippen LogP contribution in [-0.2, 0) is 14.8 Å². The predicted octanol–water partition coefficient (Wildman–Crippen LogP) is -0.563. The Labute approximate surface area is 117 Å². The fourth-order valence-electron chi connectivity index (χ4n) is 1.81. The zero-order valence-corrected chi connectivity index (χ0v) is 12.3. The van der Waals surface area contributed by atoms with Crippen molar-refractivity contribution in [1.29, 1.82) is 0 Å². The number of benzene rings is 1. The molecular formula is C12H18N2O5S. The van der Waals surface area contributed by atoms with E-state index in [1.165, 1.54) is 7.11 Å². The van der Waals surface area contributed by atoms with Gasteiger partial charge >= 0.3 is 0 Å². The second-order valence-corrected chi connectivity index (χ2v) is 6.06. The molecule has 112 valence electrons. The Morgan fingerprint density at radius 1 is 1.40 bits per heavy atom. The summed E-state index contributed by atoms with van der Waals surface area (Å²) in [5, 5.41) is 9.24. The molecule has 1 atom stereocenters. The SMILES string of the molecule is COc1cc(C)c(S(=O)(=O)NCC(O)C(N)=O)c(C)c1. The van der Waals surface area contributed by atoms with Gasteiger partial charge in [0.25, 0.3) is 0 Å². The molecule has 0 fully saturated rings. The van der Waals surface area contributed by atoms with Crippen LogP contribution in [0.5, 0.6) is 5.75 Å². The summed E-state index contributed by atoms with van der Waals surface area (Å²) < 4.78 is 31.6. The Bertz CT molecular complexity index is 589. The fraction of sp³-hybridized carbons (Fsp3) is 0.417. The van der Waals surface area contributed by atoms with Crippen molar-refractivity contribution in [3.05, 3.63) is 23.3 Å². The number of aryl methyl sites for hydroxylation is 2. The van der Waals surface area contributed by atoms with Crippen LogP contribution >= 0.6 is 0 Å². The van der Waals surface area contributed by atoms with Crippen LogP contribution in [0.2, 0.25) is 0 Å². The highest BCUT2D eigenvalue weighted by molar-refractivity contribution is 7.89. The first kappa shape index (κ1) is 16.4. The highest BCUT2D eigenvalue weighted by Crippen LogP contribution is 2.25. The van der Waals surface area contributed by atoms with Crippen molar-refractivity contribution in [2.24, 2.45) is 5.73 Å². The van der Waals surface area contributed by atoms with Gasteiger partial charge in [-0.1, -0.05) is 0 Å². The van der Waals surface area contributed by atoms with E-state index < -0.39 is 28.6 Å². The third kappa shape index (κ3) is 3.69. The van der Waals surface area contributed by atoms with Gasteiger partial charge in [-0.25, -0.2) is 13.1 Å². The average Bonchev–Trinajstić information content (AvgIpc) is 2.34. The zero-order chi connectivity index (χ0) is 15.5. The summed E-state index contributed by atoms with van der Waals surface area (Å²) in [7, 11) is -2.36. The minimum atomic E-state index is -3.85. The largest absolute Gasteiger partial charge is 0.497 e. The lowest BCUT2D eigenvalue weighted by Crippen LogP contribution is -2.40. The van der Waals surface area contributed by atoms with Crippen LogP contribution < -0.4 is 15.2 Å². The molecule has 1 aromatic carbocycles. The van der Waals surface area contributed by atoms with Gasteiger partial charge in [-0.05, 0) is 37.1 Å². The normalized spacial score (nSPS) is 13.0. The molecule has 1 aromatic rings. The maximum absolute atomic E-state index is 12.2. The maximum atomic E-state index is 12.2. The fourth-order valence-corrected chi connectivity index (χ4v) is 3.30. The number of hydrogen-bond acceptors (Lipinski definition) is 5. The van der Waals surface area contributed by atoms with Crippen molar-refractivity contribution in [3.8, 4) is 5.75 Å². The maximum Gasteiger partial charge on any atom is 0.247 e. The number of aliphatic hydroxyl groups is 1. The van der Waals surface area contributed by atoms with E-state index in [1.54, 1.807) is 26.0 Å². The standard InChI is InChI=1S/C12H18N2O5S/c1-7-4-9(19-3)5-8(2)11(7)20(17,18)14-6-10(15)12(13)16/h4-5,10,14-15H,6H2,1-3H3,(H2,13,16). The van der Waals surface area contributed by atoms with E-state index in [9.17, 15) is 18.3 Å². The monoisotopic (exact) mass is 302 g/mol. The summed E-state index contributed by atoms with van der Waals surface area (Å²) in [5.41, 5.74) is 5.87. The van der Waals surface area contributed by atoms with E-state index in [0.29, 0.717) is 16.9 Å². The first-order chi connectivity index (χ1) is 9.19. The van der Waals surface area contributed by atoms with Gasteiger partial charge in [-0.2, -0.15) is 0 Å². The molecule has 0 aliphatic carbocycles. The molecule has 1 rings (SSSR count). The van der Waals surface area contributed by atoms with Gasteiger partial charge < -0.3 is 15.6 Å². The van der Waals surface area contributed by atoms with Gasteiger partial charge in [-0.3, -0.25) is 4.79 Å². The molecule has 0 spiro atoms. The summed E-state index contributed by atoms with van der Waals surface area (Å²) in [6.45, 7) is 2.80. The van der Waals surface area contributed by atoms with E-state index in [0.717, 1.165) is 0 Å². The average molecular weight is 302 g/mol. The Kier molecular flexibility index (Phi) is 5.09. The molecule has 0 saturated heterocycles. The minimum Gasteiger partial charge on any atom is -0.497 e. The second kappa shape index (κ2) is 6.21. The zero-order valence-electron chi connectivity index (χ0n) is 11.5. The van der Waals surface area contributed by atoms with Gasteiger partial charge in [0.15, 0.2) is 0 Å². The molecule has 0 saturated carbocycles. The van der Waals surface area contributed by atoms with E-state index in [1.807, 2.05) is 0 Å². The van der Waals surface area contributed by atoms with Gasteiger partial charge in [0.2, 0.25) is 15.9 Å². The Hall–Kier alpha value is -1.64. The van der Waals surface area contributed by atoms with E-state index in [-0.39, 0.29) is 4.90 Å².